The maximum Gasteiger partial charge on any atom is 0.257 e. The lowest BCUT2D eigenvalue weighted by Gasteiger charge is -2.12. The highest BCUT2D eigenvalue weighted by molar-refractivity contribution is 5.77. The number of rotatable bonds is 10. The van der Waals surface area contributed by atoms with Gasteiger partial charge in [0.15, 0.2) is 6.61 Å². The molecule has 0 radical (unpaired) electrons. The van der Waals surface area contributed by atoms with Crippen LogP contribution in [0, 0.1) is 5.82 Å². The van der Waals surface area contributed by atoms with Crippen LogP contribution in [0.25, 0.3) is 0 Å². The Labute approximate surface area is 124 Å². The van der Waals surface area contributed by atoms with Crippen molar-refractivity contribution in [3.8, 4) is 5.75 Å². The predicted octanol–water partition coefficient (Wildman–Crippen LogP) is 1.47. The van der Waals surface area contributed by atoms with Crippen LogP contribution in [-0.2, 0) is 16.1 Å². The Kier molecular flexibility index (Phi) is 8.38. The normalized spacial score (nSPS) is 10.4. The van der Waals surface area contributed by atoms with Crippen LogP contribution >= 0.6 is 0 Å². The molecule has 0 aliphatic carbocycles. The van der Waals surface area contributed by atoms with Gasteiger partial charge in [-0.1, -0.05) is 6.92 Å². The molecule has 1 aromatic carbocycles. The molecule has 1 amide bonds. The summed E-state index contributed by atoms with van der Waals surface area (Å²) in [5.74, 6) is -0.00603. The number of hydrogen-bond donors (Lipinski definition) is 2. The molecule has 0 unspecified atom stereocenters. The van der Waals surface area contributed by atoms with E-state index in [1.807, 2.05) is 6.92 Å². The summed E-state index contributed by atoms with van der Waals surface area (Å²) >= 11 is 0. The first kappa shape index (κ1) is 17.4. The zero-order chi connectivity index (χ0) is 15.5. The molecule has 0 heterocycles. The van der Waals surface area contributed by atoms with Crippen molar-refractivity contribution in [3.63, 3.8) is 0 Å². The van der Waals surface area contributed by atoms with E-state index in [1.165, 1.54) is 12.1 Å². The Morgan fingerprint density at radius 2 is 2.19 bits per heavy atom. The molecule has 1 aromatic rings. The van der Waals surface area contributed by atoms with Gasteiger partial charge in [0.05, 0.1) is 0 Å². The molecular formula is C15H23FN2O3. The third-order valence-electron chi connectivity index (χ3n) is 2.79. The van der Waals surface area contributed by atoms with Crippen LogP contribution < -0.4 is 15.4 Å². The van der Waals surface area contributed by atoms with Gasteiger partial charge in [0, 0.05) is 32.4 Å². The molecule has 0 aliphatic rings. The maximum absolute atomic E-state index is 13.2. The summed E-state index contributed by atoms with van der Waals surface area (Å²) < 4.78 is 23.6. The van der Waals surface area contributed by atoms with E-state index in [2.05, 4.69) is 10.6 Å². The minimum absolute atomic E-state index is 0.0856. The van der Waals surface area contributed by atoms with Gasteiger partial charge in [-0.05, 0) is 31.2 Å². The number of amides is 1. The lowest BCUT2D eigenvalue weighted by molar-refractivity contribution is -0.123. The van der Waals surface area contributed by atoms with E-state index in [4.69, 9.17) is 9.47 Å². The minimum Gasteiger partial charge on any atom is -0.483 e. The first-order valence-corrected chi connectivity index (χ1v) is 7.05. The van der Waals surface area contributed by atoms with Gasteiger partial charge in [0.2, 0.25) is 0 Å². The fourth-order valence-corrected chi connectivity index (χ4v) is 1.73. The van der Waals surface area contributed by atoms with Gasteiger partial charge in [-0.2, -0.15) is 0 Å². The first-order valence-electron chi connectivity index (χ1n) is 7.05. The van der Waals surface area contributed by atoms with Gasteiger partial charge < -0.3 is 20.1 Å². The number of benzene rings is 1. The number of carbonyl (C=O) groups is 1. The van der Waals surface area contributed by atoms with Crippen molar-refractivity contribution in [3.05, 3.63) is 29.6 Å². The molecule has 0 spiro atoms. The predicted molar refractivity (Wildman–Crippen MR) is 78.8 cm³/mol. The number of halogens is 1. The largest absolute Gasteiger partial charge is 0.483 e. The molecule has 0 saturated carbocycles. The number of carbonyl (C=O) groups excluding carboxylic acids is 1. The molecule has 0 atom stereocenters. The number of methoxy groups -OCH3 is 1. The van der Waals surface area contributed by atoms with Gasteiger partial charge in [0.25, 0.3) is 5.91 Å². The molecule has 118 valence electrons. The molecule has 2 N–H and O–H groups in total. The summed E-state index contributed by atoms with van der Waals surface area (Å²) in [6.07, 6.45) is 0.754. The van der Waals surface area contributed by atoms with Crippen molar-refractivity contribution in [2.24, 2.45) is 0 Å². The van der Waals surface area contributed by atoms with E-state index in [-0.39, 0.29) is 18.3 Å². The molecule has 0 bridgehead atoms. The molecule has 5 nitrogen and oxygen atoms in total. The molecule has 1 rings (SSSR count). The molecule has 6 heteroatoms. The molecule has 0 aliphatic heterocycles. The highest BCUT2D eigenvalue weighted by Gasteiger charge is 2.08. The van der Waals surface area contributed by atoms with Crippen molar-refractivity contribution in [2.75, 3.05) is 33.4 Å². The number of nitrogens with one attached hydrogen (secondary N) is 2. The van der Waals surface area contributed by atoms with Crippen molar-refractivity contribution >= 4 is 5.91 Å². The van der Waals surface area contributed by atoms with Crippen LogP contribution in [0.4, 0.5) is 4.39 Å². The van der Waals surface area contributed by atoms with E-state index < -0.39 is 0 Å². The Morgan fingerprint density at radius 3 is 2.90 bits per heavy atom. The van der Waals surface area contributed by atoms with Crippen LogP contribution in [0.5, 0.6) is 5.75 Å². The van der Waals surface area contributed by atoms with Crippen molar-refractivity contribution in [1.82, 2.24) is 10.6 Å². The fourth-order valence-electron chi connectivity index (χ4n) is 1.73. The van der Waals surface area contributed by atoms with Crippen LogP contribution in [-0.4, -0.2) is 39.3 Å². The van der Waals surface area contributed by atoms with Gasteiger partial charge in [-0.25, -0.2) is 4.39 Å². The second-order valence-electron chi connectivity index (χ2n) is 4.52. The van der Waals surface area contributed by atoms with E-state index >= 15 is 0 Å². The summed E-state index contributed by atoms with van der Waals surface area (Å²) in [6, 6.07) is 4.27. The Bertz CT molecular complexity index is 441. The van der Waals surface area contributed by atoms with Gasteiger partial charge in [-0.15, -0.1) is 0 Å². The highest BCUT2D eigenvalue weighted by atomic mass is 19.1. The monoisotopic (exact) mass is 298 g/mol. The van der Waals surface area contributed by atoms with Crippen LogP contribution in [0.15, 0.2) is 18.2 Å². The lowest BCUT2D eigenvalue weighted by Crippen LogP contribution is -2.30. The lowest BCUT2D eigenvalue weighted by atomic mass is 10.2. The van der Waals surface area contributed by atoms with Crippen LogP contribution in [0.2, 0.25) is 0 Å². The molecule has 0 aromatic heterocycles. The summed E-state index contributed by atoms with van der Waals surface area (Å²) in [5.41, 5.74) is 0.698. The van der Waals surface area contributed by atoms with Crippen molar-refractivity contribution in [1.29, 1.82) is 0 Å². The fraction of sp³-hybridized carbons (Fsp3) is 0.533. The average Bonchev–Trinajstić information content (AvgIpc) is 2.48. The molecular weight excluding hydrogens is 275 g/mol. The first-order chi connectivity index (χ1) is 10.2. The van der Waals surface area contributed by atoms with E-state index in [9.17, 15) is 9.18 Å². The maximum atomic E-state index is 13.2. The summed E-state index contributed by atoms with van der Waals surface area (Å²) in [7, 11) is 1.62. The second-order valence-corrected chi connectivity index (χ2v) is 4.52. The summed E-state index contributed by atoms with van der Waals surface area (Å²) in [5, 5.41) is 5.84. The summed E-state index contributed by atoms with van der Waals surface area (Å²) in [6.45, 7) is 4.30. The van der Waals surface area contributed by atoms with Gasteiger partial charge >= 0.3 is 0 Å². The second kappa shape index (κ2) is 10.1. The smallest absolute Gasteiger partial charge is 0.257 e. The quantitative estimate of drug-likeness (QED) is 0.642. The Hall–Kier alpha value is -1.66. The zero-order valence-electron chi connectivity index (χ0n) is 12.6. The molecule has 0 saturated heterocycles. The Morgan fingerprint density at radius 1 is 1.38 bits per heavy atom. The number of hydrogen-bond acceptors (Lipinski definition) is 4. The van der Waals surface area contributed by atoms with Crippen molar-refractivity contribution in [2.45, 2.75) is 19.9 Å². The standard InChI is InChI=1S/C15H23FN2O3/c1-3-17-10-12-9-13(16)5-6-14(12)21-11-15(19)18-7-4-8-20-2/h5-6,9,17H,3-4,7-8,10-11H2,1-2H3,(H,18,19). The van der Waals surface area contributed by atoms with Gasteiger partial charge in [0.1, 0.15) is 11.6 Å². The average molecular weight is 298 g/mol. The van der Waals surface area contributed by atoms with Crippen LogP contribution in [0.3, 0.4) is 0 Å². The summed E-state index contributed by atoms with van der Waals surface area (Å²) in [4.78, 5) is 11.6. The molecule has 0 fully saturated rings. The van der Waals surface area contributed by atoms with Crippen molar-refractivity contribution < 1.29 is 18.7 Å². The van der Waals surface area contributed by atoms with E-state index in [1.54, 1.807) is 13.2 Å². The van der Waals surface area contributed by atoms with Crippen LogP contribution in [0.1, 0.15) is 18.9 Å². The third-order valence-corrected chi connectivity index (χ3v) is 2.79. The zero-order valence-corrected chi connectivity index (χ0v) is 12.6. The molecule has 21 heavy (non-hydrogen) atoms. The Balaban J connectivity index is 2.44. The van der Waals surface area contributed by atoms with Gasteiger partial charge in [-0.3, -0.25) is 4.79 Å². The number of ether oxygens (including phenoxy) is 2. The third kappa shape index (κ3) is 7.06. The SMILES string of the molecule is CCNCc1cc(F)ccc1OCC(=O)NCCCOC. The minimum atomic E-state index is -0.320. The van der Waals surface area contributed by atoms with E-state index in [0.29, 0.717) is 31.0 Å². The topological polar surface area (TPSA) is 59.6 Å². The van der Waals surface area contributed by atoms with E-state index in [0.717, 1.165) is 13.0 Å². The highest BCUT2D eigenvalue weighted by Crippen LogP contribution is 2.19.